The number of hydrogen-bond donors (Lipinski definition) is 2. The molecule has 0 aromatic heterocycles. The Bertz CT molecular complexity index is 747. The van der Waals surface area contributed by atoms with Crippen molar-refractivity contribution in [1.82, 2.24) is 5.32 Å². The quantitative estimate of drug-likeness (QED) is 0.817. The number of ether oxygens (including phenoxy) is 2. The van der Waals surface area contributed by atoms with Crippen molar-refractivity contribution < 1.29 is 14.3 Å². The summed E-state index contributed by atoms with van der Waals surface area (Å²) in [7, 11) is 0. The van der Waals surface area contributed by atoms with Gasteiger partial charge >= 0.3 is 0 Å². The van der Waals surface area contributed by atoms with Crippen molar-refractivity contribution in [3.05, 3.63) is 53.1 Å². The highest BCUT2D eigenvalue weighted by Crippen LogP contribution is 2.34. The standard InChI is InChI=1S/C19H21ClN2O3/c1-12(2)19(13-3-5-14(20)6-4-13)21-10-18(23)22-15-7-8-16-17(9-15)25-11-24-16/h3-9,12,19,21H,10-11H2,1-2H3,(H,22,23). The van der Waals surface area contributed by atoms with Crippen LogP contribution < -0.4 is 20.1 Å². The van der Waals surface area contributed by atoms with Gasteiger partial charge in [-0.25, -0.2) is 0 Å². The highest BCUT2D eigenvalue weighted by molar-refractivity contribution is 6.30. The van der Waals surface area contributed by atoms with Gasteiger partial charge in [0.05, 0.1) is 6.54 Å². The number of anilines is 1. The Labute approximate surface area is 152 Å². The summed E-state index contributed by atoms with van der Waals surface area (Å²) in [6.07, 6.45) is 0. The van der Waals surface area contributed by atoms with Gasteiger partial charge in [-0.3, -0.25) is 4.79 Å². The maximum absolute atomic E-state index is 12.3. The fraction of sp³-hybridized carbons (Fsp3) is 0.316. The average molecular weight is 361 g/mol. The summed E-state index contributed by atoms with van der Waals surface area (Å²) in [4.78, 5) is 12.3. The van der Waals surface area contributed by atoms with Crippen molar-refractivity contribution in [3.8, 4) is 11.5 Å². The van der Waals surface area contributed by atoms with E-state index in [-0.39, 0.29) is 25.3 Å². The van der Waals surface area contributed by atoms with E-state index in [0.717, 1.165) is 5.56 Å². The molecule has 5 nitrogen and oxygen atoms in total. The van der Waals surface area contributed by atoms with Gasteiger partial charge in [-0.15, -0.1) is 0 Å². The molecule has 0 saturated heterocycles. The number of hydrogen-bond acceptors (Lipinski definition) is 4. The minimum absolute atomic E-state index is 0.0692. The van der Waals surface area contributed by atoms with E-state index in [1.54, 1.807) is 18.2 Å². The molecule has 0 bridgehead atoms. The van der Waals surface area contributed by atoms with E-state index in [0.29, 0.717) is 28.1 Å². The van der Waals surface area contributed by atoms with Gasteiger partial charge in [-0.1, -0.05) is 37.6 Å². The van der Waals surface area contributed by atoms with E-state index in [2.05, 4.69) is 24.5 Å². The number of carbonyl (C=O) groups is 1. The van der Waals surface area contributed by atoms with Crippen LogP contribution in [0.25, 0.3) is 0 Å². The normalized spacial score (nSPS) is 13.8. The summed E-state index contributed by atoms with van der Waals surface area (Å²) < 4.78 is 10.6. The molecule has 2 aromatic carbocycles. The van der Waals surface area contributed by atoms with Gasteiger partial charge < -0.3 is 20.1 Å². The van der Waals surface area contributed by atoms with Crippen LogP contribution in [0, 0.1) is 5.92 Å². The van der Waals surface area contributed by atoms with Gasteiger partial charge in [0.15, 0.2) is 11.5 Å². The van der Waals surface area contributed by atoms with Crippen LogP contribution in [-0.2, 0) is 4.79 Å². The first-order chi connectivity index (χ1) is 12.0. The first kappa shape index (κ1) is 17.6. The first-order valence-electron chi connectivity index (χ1n) is 8.21. The summed E-state index contributed by atoms with van der Waals surface area (Å²) in [5.41, 5.74) is 1.79. The van der Waals surface area contributed by atoms with Gasteiger partial charge in [0.1, 0.15) is 0 Å². The predicted molar refractivity (Wildman–Crippen MR) is 98.2 cm³/mol. The number of fused-ring (bicyclic) bond motifs is 1. The second kappa shape index (κ2) is 7.76. The van der Waals surface area contributed by atoms with Crippen LogP contribution in [-0.4, -0.2) is 19.2 Å². The van der Waals surface area contributed by atoms with Crippen molar-refractivity contribution >= 4 is 23.2 Å². The third kappa shape index (κ3) is 4.44. The minimum atomic E-state index is -0.113. The number of nitrogens with one attached hydrogen (secondary N) is 2. The molecule has 0 fully saturated rings. The second-order valence-corrected chi connectivity index (χ2v) is 6.71. The lowest BCUT2D eigenvalue weighted by atomic mass is 9.96. The van der Waals surface area contributed by atoms with Crippen LogP contribution >= 0.6 is 11.6 Å². The number of rotatable bonds is 6. The molecule has 0 aliphatic carbocycles. The van der Waals surface area contributed by atoms with Gasteiger partial charge in [0.2, 0.25) is 12.7 Å². The van der Waals surface area contributed by atoms with Crippen molar-refractivity contribution in [1.29, 1.82) is 0 Å². The fourth-order valence-electron chi connectivity index (χ4n) is 2.79. The molecule has 1 unspecified atom stereocenters. The van der Waals surface area contributed by atoms with Gasteiger partial charge in [0, 0.05) is 22.8 Å². The van der Waals surface area contributed by atoms with Gasteiger partial charge in [-0.2, -0.15) is 0 Å². The third-order valence-corrected chi connectivity index (χ3v) is 4.29. The van der Waals surface area contributed by atoms with Crippen molar-refractivity contribution in [2.75, 3.05) is 18.7 Å². The molecule has 25 heavy (non-hydrogen) atoms. The van der Waals surface area contributed by atoms with Crippen molar-refractivity contribution in [3.63, 3.8) is 0 Å². The SMILES string of the molecule is CC(C)C(NCC(=O)Nc1ccc2c(c1)OCO2)c1ccc(Cl)cc1. The molecule has 0 spiro atoms. The molecule has 0 radical (unpaired) electrons. The zero-order valence-corrected chi connectivity index (χ0v) is 15.0. The molecule has 1 atom stereocenters. The summed E-state index contributed by atoms with van der Waals surface area (Å²) in [5.74, 6) is 1.56. The van der Waals surface area contributed by atoms with Crippen LogP contribution in [0.3, 0.4) is 0 Å². The number of amides is 1. The third-order valence-electron chi connectivity index (χ3n) is 4.03. The molecule has 132 valence electrons. The average Bonchev–Trinajstić information content (AvgIpc) is 3.04. The maximum atomic E-state index is 12.3. The maximum Gasteiger partial charge on any atom is 0.238 e. The van der Waals surface area contributed by atoms with E-state index < -0.39 is 0 Å². The van der Waals surface area contributed by atoms with Crippen LogP contribution in [0.15, 0.2) is 42.5 Å². The van der Waals surface area contributed by atoms with Gasteiger partial charge in [0.25, 0.3) is 0 Å². The van der Waals surface area contributed by atoms with E-state index in [1.165, 1.54) is 0 Å². The van der Waals surface area contributed by atoms with Crippen LogP contribution in [0.4, 0.5) is 5.69 Å². The first-order valence-corrected chi connectivity index (χ1v) is 8.59. The Morgan fingerprint density at radius 3 is 2.56 bits per heavy atom. The summed E-state index contributed by atoms with van der Waals surface area (Å²) in [6.45, 7) is 4.65. The lowest BCUT2D eigenvalue weighted by Crippen LogP contribution is -2.33. The number of carbonyl (C=O) groups excluding carboxylic acids is 1. The van der Waals surface area contributed by atoms with Crippen LogP contribution in [0.5, 0.6) is 11.5 Å². The topological polar surface area (TPSA) is 59.6 Å². The predicted octanol–water partition coefficient (Wildman–Crippen LogP) is 3.99. The van der Waals surface area contributed by atoms with Crippen LogP contribution in [0.1, 0.15) is 25.5 Å². The number of halogens is 1. The molecule has 6 heteroatoms. The summed E-state index contributed by atoms with van der Waals surface area (Å²) >= 11 is 5.95. The van der Waals surface area contributed by atoms with Crippen LogP contribution in [0.2, 0.25) is 5.02 Å². The van der Waals surface area contributed by atoms with E-state index >= 15 is 0 Å². The zero-order chi connectivity index (χ0) is 17.8. The zero-order valence-electron chi connectivity index (χ0n) is 14.2. The largest absolute Gasteiger partial charge is 0.454 e. The van der Waals surface area contributed by atoms with Crippen molar-refractivity contribution in [2.45, 2.75) is 19.9 Å². The monoisotopic (exact) mass is 360 g/mol. The Hall–Kier alpha value is -2.24. The van der Waals surface area contributed by atoms with Crippen molar-refractivity contribution in [2.24, 2.45) is 5.92 Å². The summed E-state index contributed by atoms with van der Waals surface area (Å²) in [6, 6.07) is 13.1. The second-order valence-electron chi connectivity index (χ2n) is 6.27. The Kier molecular flexibility index (Phi) is 5.46. The molecule has 2 aromatic rings. The molecular weight excluding hydrogens is 340 g/mol. The smallest absolute Gasteiger partial charge is 0.238 e. The lowest BCUT2D eigenvalue weighted by molar-refractivity contribution is -0.115. The minimum Gasteiger partial charge on any atom is -0.454 e. The number of benzene rings is 2. The highest BCUT2D eigenvalue weighted by Gasteiger charge is 2.17. The Morgan fingerprint density at radius 2 is 1.84 bits per heavy atom. The Morgan fingerprint density at radius 1 is 1.12 bits per heavy atom. The lowest BCUT2D eigenvalue weighted by Gasteiger charge is -2.23. The Balaban J connectivity index is 1.59. The van der Waals surface area contributed by atoms with E-state index in [1.807, 2.05) is 24.3 Å². The highest BCUT2D eigenvalue weighted by atomic mass is 35.5. The molecule has 1 aliphatic heterocycles. The molecule has 1 amide bonds. The molecule has 1 aliphatic rings. The summed E-state index contributed by atoms with van der Waals surface area (Å²) in [5, 5.41) is 6.89. The molecule has 1 heterocycles. The van der Waals surface area contributed by atoms with Gasteiger partial charge in [-0.05, 0) is 35.7 Å². The van der Waals surface area contributed by atoms with E-state index in [4.69, 9.17) is 21.1 Å². The van der Waals surface area contributed by atoms with E-state index in [9.17, 15) is 4.79 Å². The fourth-order valence-corrected chi connectivity index (χ4v) is 2.92. The molecule has 2 N–H and O–H groups in total. The molecular formula is C19H21ClN2O3. The molecule has 3 rings (SSSR count). The molecule has 0 saturated carbocycles.